The number of nitrogens with zero attached hydrogens (tertiary/aromatic N) is 1. The zero-order chi connectivity index (χ0) is 10.8. The first-order valence-corrected chi connectivity index (χ1v) is 6.27. The lowest BCUT2D eigenvalue weighted by atomic mass is 10.0. The van der Waals surface area contributed by atoms with Crippen LogP contribution in [0.25, 0.3) is 0 Å². The van der Waals surface area contributed by atoms with E-state index in [0.717, 1.165) is 13.0 Å². The fourth-order valence-corrected chi connectivity index (χ4v) is 3.10. The molecule has 0 aromatic heterocycles. The Balaban J connectivity index is 2.05. The SMILES string of the molecule is CCC1CCC(C)N1C1COCCC1O. The third-order valence-electron chi connectivity index (χ3n) is 3.99. The highest BCUT2D eigenvalue weighted by Gasteiger charge is 2.39. The monoisotopic (exact) mass is 213 g/mol. The van der Waals surface area contributed by atoms with Crippen LogP contribution in [0.2, 0.25) is 0 Å². The second-order valence-electron chi connectivity index (χ2n) is 4.93. The molecular formula is C12H23NO2. The summed E-state index contributed by atoms with van der Waals surface area (Å²) in [6.45, 7) is 5.95. The lowest BCUT2D eigenvalue weighted by Crippen LogP contribution is -2.53. The smallest absolute Gasteiger partial charge is 0.0740 e. The summed E-state index contributed by atoms with van der Waals surface area (Å²) >= 11 is 0. The van der Waals surface area contributed by atoms with Gasteiger partial charge in [-0.2, -0.15) is 0 Å². The van der Waals surface area contributed by atoms with E-state index in [9.17, 15) is 5.11 Å². The highest BCUT2D eigenvalue weighted by Crippen LogP contribution is 2.31. The van der Waals surface area contributed by atoms with E-state index in [1.54, 1.807) is 0 Å². The molecule has 0 amide bonds. The van der Waals surface area contributed by atoms with E-state index in [4.69, 9.17) is 4.74 Å². The van der Waals surface area contributed by atoms with E-state index in [-0.39, 0.29) is 12.1 Å². The minimum absolute atomic E-state index is 0.187. The molecule has 0 radical (unpaired) electrons. The molecule has 15 heavy (non-hydrogen) atoms. The molecule has 1 N–H and O–H groups in total. The number of aliphatic hydroxyl groups excluding tert-OH is 1. The van der Waals surface area contributed by atoms with Crippen molar-refractivity contribution in [2.24, 2.45) is 0 Å². The summed E-state index contributed by atoms with van der Waals surface area (Å²) < 4.78 is 5.50. The van der Waals surface area contributed by atoms with Crippen molar-refractivity contribution in [2.45, 2.75) is 63.8 Å². The minimum Gasteiger partial charge on any atom is -0.391 e. The van der Waals surface area contributed by atoms with Gasteiger partial charge >= 0.3 is 0 Å². The van der Waals surface area contributed by atoms with Crippen molar-refractivity contribution in [1.29, 1.82) is 0 Å². The van der Waals surface area contributed by atoms with Crippen molar-refractivity contribution in [2.75, 3.05) is 13.2 Å². The predicted octanol–water partition coefficient (Wildman–Crippen LogP) is 1.40. The summed E-state index contributed by atoms with van der Waals surface area (Å²) in [6, 6.07) is 1.50. The zero-order valence-corrected chi connectivity index (χ0v) is 9.85. The largest absolute Gasteiger partial charge is 0.391 e. The maximum atomic E-state index is 10.0. The van der Waals surface area contributed by atoms with Crippen LogP contribution < -0.4 is 0 Å². The first kappa shape index (κ1) is 11.4. The molecule has 0 saturated carbocycles. The van der Waals surface area contributed by atoms with Gasteiger partial charge in [0.25, 0.3) is 0 Å². The van der Waals surface area contributed by atoms with Crippen molar-refractivity contribution in [3.63, 3.8) is 0 Å². The van der Waals surface area contributed by atoms with E-state index >= 15 is 0 Å². The zero-order valence-electron chi connectivity index (χ0n) is 9.85. The second kappa shape index (κ2) is 4.81. The Bertz CT molecular complexity index is 210. The van der Waals surface area contributed by atoms with Gasteiger partial charge in [0.1, 0.15) is 0 Å². The molecule has 88 valence electrons. The van der Waals surface area contributed by atoms with Crippen LogP contribution in [-0.2, 0) is 4.74 Å². The van der Waals surface area contributed by atoms with Gasteiger partial charge in [-0.3, -0.25) is 4.90 Å². The van der Waals surface area contributed by atoms with Gasteiger partial charge in [-0.15, -0.1) is 0 Å². The van der Waals surface area contributed by atoms with Crippen molar-refractivity contribution >= 4 is 0 Å². The van der Waals surface area contributed by atoms with Crippen LogP contribution >= 0.6 is 0 Å². The summed E-state index contributed by atoms with van der Waals surface area (Å²) in [5.74, 6) is 0. The maximum Gasteiger partial charge on any atom is 0.0740 e. The van der Waals surface area contributed by atoms with Crippen LogP contribution in [0.4, 0.5) is 0 Å². The molecule has 2 aliphatic heterocycles. The van der Waals surface area contributed by atoms with Crippen LogP contribution in [0.15, 0.2) is 0 Å². The van der Waals surface area contributed by atoms with Crippen molar-refractivity contribution in [3.8, 4) is 0 Å². The highest BCUT2D eigenvalue weighted by molar-refractivity contribution is 4.93. The number of aliphatic hydroxyl groups is 1. The third-order valence-corrected chi connectivity index (χ3v) is 3.99. The van der Waals surface area contributed by atoms with Gasteiger partial charge in [-0.05, 0) is 32.6 Å². The summed E-state index contributed by atoms with van der Waals surface area (Å²) in [5, 5.41) is 10.0. The Morgan fingerprint density at radius 1 is 1.33 bits per heavy atom. The summed E-state index contributed by atoms with van der Waals surface area (Å²) in [7, 11) is 0. The van der Waals surface area contributed by atoms with Gasteiger partial charge in [0.15, 0.2) is 0 Å². The fraction of sp³-hybridized carbons (Fsp3) is 1.00. The first-order valence-electron chi connectivity index (χ1n) is 6.27. The molecule has 0 aliphatic carbocycles. The van der Waals surface area contributed by atoms with Crippen LogP contribution in [0.5, 0.6) is 0 Å². The van der Waals surface area contributed by atoms with E-state index in [0.29, 0.717) is 18.7 Å². The Kier molecular flexibility index (Phi) is 3.65. The molecule has 4 atom stereocenters. The van der Waals surface area contributed by atoms with Gasteiger partial charge in [-0.25, -0.2) is 0 Å². The van der Waals surface area contributed by atoms with Gasteiger partial charge in [0, 0.05) is 18.7 Å². The Morgan fingerprint density at radius 2 is 2.13 bits per heavy atom. The number of ether oxygens (including phenoxy) is 1. The molecule has 0 aromatic carbocycles. The Hall–Kier alpha value is -0.120. The molecule has 2 fully saturated rings. The van der Waals surface area contributed by atoms with Gasteiger partial charge in [-0.1, -0.05) is 6.92 Å². The van der Waals surface area contributed by atoms with E-state index < -0.39 is 0 Å². The maximum absolute atomic E-state index is 10.0. The highest BCUT2D eigenvalue weighted by atomic mass is 16.5. The Labute approximate surface area is 92.4 Å². The van der Waals surface area contributed by atoms with Crippen molar-refractivity contribution in [3.05, 3.63) is 0 Å². The van der Waals surface area contributed by atoms with Gasteiger partial charge < -0.3 is 9.84 Å². The third kappa shape index (κ3) is 2.19. The average Bonchev–Trinajstić information content (AvgIpc) is 2.60. The molecule has 0 spiro atoms. The van der Waals surface area contributed by atoms with Crippen LogP contribution in [0.3, 0.4) is 0 Å². The number of hydrogen-bond acceptors (Lipinski definition) is 3. The van der Waals surface area contributed by atoms with Crippen LogP contribution in [0.1, 0.15) is 39.5 Å². The van der Waals surface area contributed by atoms with E-state index in [2.05, 4.69) is 18.7 Å². The second-order valence-corrected chi connectivity index (χ2v) is 4.93. The summed E-state index contributed by atoms with van der Waals surface area (Å²) in [5.41, 5.74) is 0. The molecule has 2 aliphatic rings. The molecule has 3 heteroatoms. The molecule has 4 unspecified atom stereocenters. The van der Waals surface area contributed by atoms with E-state index in [1.165, 1.54) is 19.3 Å². The number of hydrogen-bond donors (Lipinski definition) is 1. The molecule has 3 nitrogen and oxygen atoms in total. The average molecular weight is 213 g/mol. The van der Waals surface area contributed by atoms with Gasteiger partial charge in [0.2, 0.25) is 0 Å². The molecule has 2 heterocycles. The molecule has 2 rings (SSSR count). The van der Waals surface area contributed by atoms with Gasteiger partial charge in [0.05, 0.1) is 18.8 Å². The van der Waals surface area contributed by atoms with Crippen LogP contribution in [0, 0.1) is 0 Å². The normalized spacial score (nSPS) is 43.4. The quantitative estimate of drug-likeness (QED) is 0.752. The molecule has 0 bridgehead atoms. The van der Waals surface area contributed by atoms with Crippen LogP contribution in [-0.4, -0.2) is 47.4 Å². The minimum atomic E-state index is -0.187. The summed E-state index contributed by atoms with van der Waals surface area (Å²) in [6.07, 6.45) is 4.34. The van der Waals surface area contributed by atoms with Crippen molar-refractivity contribution in [1.82, 2.24) is 4.90 Å². The predicted molar refractivity (Wildman–Crippen MR) is 59.8 cm³/mol. The van der Waals surface area contributed by atoms with Crippen molar-refractivity contribution < 1.29 is 9.84 Å². The molecule has 0 aromatic rings. The van der Waals surface area contributed by atoms with E-state index in [1.807, 2.05) is 0 Å². The lowest BCUT2D eigenvalue weighted by molar-refractivity contribution is -0.0746. The first-order chi connectivity index (χ1) is 7.24. The topological polar surface area (TPSA) is 32.7 Å². The number of rotatable bonds is 2. The Morgan fingerprint density at radius 3 is 2.80 bits per heavy atom. The number of likely N-dealkylation sites (tertiary alicyclic amines) is 1. The lowest BCUT2D eigenvalue weighted by Gasteiger charge is -2.40. The fourth-order valence-electron chi connectivity index (χ4n) is 3.10. The standard InChI is InChI=1S/C12H23NO2/c1-3-10-5-4-9(2)13(10)11-8-15-7-6-12(11)14/h9-12,14H,3-8H2,1-2H3. The molecule has 2 saturated heterocycles. The molecular weight excluding hydrogens is 190 g/mol. The summed E-state index contributed by atoms with van der Waals surface area (Å²) in [4.78, 5) is 2.50.